The first-order chi connectivity index (χ1) is 12.7. The van der Waals surface area contributed by atoms with Gasteiger partial charge >= 0.3 is 0 Å². The van der Waals surface area contributed by atoms with Crippen LogP contribution in [0.3, 0.4) is 0 Å². The molecule has 0 saturated heterocycles. The van der Waals surface area contributed by atoms with Crippen LogP contribution < -0.4 is 0 Å². The van der Waals surface area contributed by atoms with Crippen molar-refractivity contribution in [2.75, 3.05) is 6.54 Å². The summed E-state index contributed by atoms with van der Waals surface area (Å²) >= 11 is 0. The van der Waals surface area contributed by atoms with Crippen molar-refractivity contribution < 1.29 is 0 Å². The molecule has 0 radical (unpaired) electrons. The Labute approximate surface area is 153 Å². The van der Waals surface area contributed by atoms with Crippen molar-refractivity contribution in [3.05, 3.63) is 42.4 Å². The van der Waals surface area contributed by atoms with Gasteiger partial charge < -0.3 is 9.41 Å². The van der Waals surface area contributed by atoms with Gasteiger partial charge in [0.15, 0.2) is 0 Å². The fraction of sp³-hybridized carbons (Fsp3) is 0.500. The number of rotatable bonds is 5. The molecule has 1 saturated carbocycles. The van der Waals surface area contributed by atoms with Gasteiger partial charge in [-0.1, -0.05) is 12.8 Å². The summed E-state index contributed by atoms with van der Waals surface area (Å²) in [5.41, 5.74) is 2.85. The molecule has 134 valence electrons. The van der Waals surface area contributed by atoms with E-state index in [-0.39, 0.29) is 6.04 Å². The quantitative estimate of drug-likeness (QED) is 0.637. The van der Waals surface area contributed by atoms with Gasteiger partial charge in [-0.2, -0.15) is 5.10 Å². The Morgan fingerprint density at radius 2 is 2.08 bits per heavy atom. The largest absolute Gasteiger partial charge is 0.330 e. The maximum absolute atomic E-state index is 7.33. The van der Waals surface area contributed by atoms with Crippen molar-refractivity contribution in [1.82, 2.24) is 24.3 Å². The molecule has 4 rings (SSSR count). The summed E-state index contributed by atoms with van der Waals surface area (Å²) in [4.78, 5) is 12.7. The first kappa shape index (κ1) is 16.8. The minimum atomic E-state index is 0.168. The van der Waals surface area contributed by atoms with Crippen LogP contribution in [-0.2, 0) is 0 Å². The zero-order valence-corrected chi connectivity index (χ0v) is 15.3. The molecule has 0 N–H and O–H groups in total. The molecule has 3 aromatic heterocycles. The Hall–Kier alpha value is -2.68. The number of fused-ring (bicyclic) bond motifs is 1. The van der Waals surface area contributed by atoms with Crippen LogP contribution in [0.1, 0.15) is 51.6 Å². The van der Waals surface area contributed by atoms with Crippen molar-refractivity contribution in [3.63, 3.8) is 0 Å². The summed E-state index contributed by atoms with van der Waals surface area (Å²) in [7, 11) is 0. The van der Waals surface area contributed by atoms with E-state index in [4.69, 9.17) is 6.57 Å². The molecule has 3 aromatic rings. The zero-order valence-electron chi connectivity index (χ0n) is 15.3. The van der Waals surface area contributed by atoms with Gasteiger partial charge in [-0.15, -0.1) is 0 Å². The summed E-state index contributed by atoms with van der Waals surface area (Å²) in [5, 5.41) is 5.66. The van der Waals surface area contributed by atoms with Crippen LogP contribution in [0, 0.1) is 12.5 Å². The molecule has 0 aliphatic heterocycles. The highest BCUT2D eigenvalue weighted by Crippen LogP contribution is 2.35. The lowest BCUT2D eigenvalue weighted by molar-refractivity contribution is 0.329. The van der Waals surface area contributed by atoms with Gasteiger partial charge in [-0.05, 0) is 38.7 Å². The van der Waals surface area contributed by atoms with Gasteiger partial charge in [0, 0.05) is 29.4 Å². The predicted molar refractivity (Wildman–Crippen MR) is 102 cm³/mol. The first-order valence-corrected chi connectivity index (χ1v) is 9.38. The molecule has 0 bridgehead atoms. The Morgan fingerprint density at radius 3 is 2.81 bits per heavy atom. The van der Waals surface area contributed by atoms with E-state index in [1.807, 2.05) is 10.9 Å². The van der Waals surface area contributed by atoms with Crippen molar-refractivity contribution >= 4 is 11.0 Å². The Morgan fingerprint density at radius 1 is 1.27 bits per heavy atom. The molecule has 1 atom stereocenters. The third-order valence-electron chi connectivity index (χ3n) is 5.50. The lowest BCUT2D eigenvalue weighted by Crippen LogP contribution is -2.20. The fourth-order valence-electron chi connectivity index (χ4n) is 4.14. The molecule has 0 unspecified atom stereocenters. The summed E-state index contributed by atoms with van der Waals surface area (Å²) in [6, 6.07) is 2.60. The third-order valence-corrected chi connectivity index (χ3v) is 5.50. The average Bonchev–Trinajstić information content (AvgIpc) is 3.39. The number of hydrogen-bond donors (Lipinski definition) is 0. The monoisotopic (exact) mass is 348 g/mol. The van der Waals surface area contributed by atoms with Crippen LogP contribution in [0.15, 0.2) is 31.0 Å². The van der Waals surface area contributed by atoms with Crippen LogP contribution in [0.25, 0.3) is 27.1 Å². The van der Waals surface area contributed by atoms with Gasteiger partial charge in [0.05, 0.1) is 11.9 Å². The predicted octanol–water partition coefficient (Wildman–Crippen LogP) is 4.53. The number of hydrogen-bond acceptors (Lipinski definition) is 3. The van der Waals surface area contributed by atoms with Crippen molar-refractivity contribution in [1.29, 1.82) is 0 Å². The molecule has 0 amide bonds. The normalized spacial score (nSPS) is 16.4. The summed E-state index contributed by atoms with van der Waals surface area (Å²) < 4.78 is 4.15. The Balaban J connectivity index is 1.72. The van der Waals surface area contributed by atoms with E-state index in [9.17, 15) is 0 Å². The van der Waals surface area contributed by atoms with Gasteiger partial charge in [0.1, 0.15) is 18.0 Å². The van der Waals surface area contributed by atoms with E-state index < -0.39 is 0 Å². The molecule has 1 fully saturated rings. The molecule has 1 aliphatic rings. The van der Waals surface area contributed by atoms with E-state index in [1.165, 1.54) is 25.7 Å². The van der Waals surface area contributed by atoms with Crippen LogP contribution in [0.2, 0.25) is 0 Å². The highest BCUT2D eigenvalue weighted by molar-refractivity contribution is 5.90. The number of nitrogens with zero attached hydrogens (tertiary/aromatic N) is 6. The molecule has 3 heterocycles. The zero-order chi connectivity index (χ0) is 18.1. The summed E-state index contributed by atoms with van der Waals surface area (Å²) in [6.07, 6.45) is 12.6. The summed E-state index contributed by atoms with van der Waals surface area (Å²) in [6.45, 7) is 12.1. The lowest BCUT2D eigenvalue weighted by atomic mass is 9.98. The van der Waals surface area contributed by atoms with Gasteiger partial charge in [-0.3, -0.25) is 4.68 Å². The number of aromatic nitrogens is 5. The molecular formula is C20H24N6. The minimum absolute atomic E-state index is 0.168. The smallest absolute Gasteiger partial charge is 0.237 e. The first-order valence-electron chi connectivity index (χ1n) is 9.38. The van der Waals surface area contributed by atoms with E-state index in [2.05, 4.69) is 56.8 Å². The second-order valence-corrected chi connectivity index (χ2v) is 7.44. The van der Waals surface area contributed by atoms with E-state index in [1.54, 1.807) is 6.33 Å². The van der Waals surface area contributed by atoms with E-state index in [0.717, 1.165) is 22.3 Å². The highest BCUT2D eigenvalue weighted by Gasteiger charge is 2.29. The lowest BCUT2D eigenvalue weighted by Gasteiger charge is -2.18. The fourth-order valence-corrected chi connectivity index (χ4v) is 4.14. The van der Waals surface area contributed by atoms with Crippen LogP contribution in [-0.4, -0.2) is 30.9 Å². The van der Waals surface area contributed by atoms with Crippen molar-refractivity contribution in [2.24, 2.45) is 5.92 Å². The van der Waals surface area contributed by atoms with Gasteiger partial charge in [0.2, 0.25) is 6.54 Å². The topological polar surface area (TPSA) is 52.9 Å². The Bertz CT molecular complexity index is 939. The Kier molecular flexibility index (Phi) is 4.46. The van der Waals surface area contributed by atoms with Gasteiger partial charge in [0.25, 0.3) is 0 Å². The molecular weight excluding hydrogens is 324 g/mol. The average molecular weight is 348 g/mol. The minimum Gasteiger partial charge on any atom is -0.330 e. The van der Waals surface area contributed by atoms with Crippen molar-refractivity contribution in [2.45, 2.75) is 51.6 Å². The molecule has 1 aliphatic carbocycles. The van der Waals surface area contributed by atoms with Gasteiger partial charge in [-0.25, -0.2) is 16.5 Å². The van der Waals surface area contributed by atoms with E-state index >= 15 is 0 Å². The van der Waals surface area contributed by atoms with Crippen LogP contribution >= 0.6 is 0 Å². The molecule has 6 nitrogen and oxygen atoms in total. The summed E-state index contributed by atoms with van der Waals surface area (Å²) in [5.74, 6) is 0.560. The SMILES string of the molecule is [C-]#[N+]C[C@H](C1CCCC1)n1cc(-c2ncnc3c2ccn3C(C)C)cn1. The maximum Gasteiger partial charge on any atom is 0.237 e. The molecule has 0 aromatic carbocycles. The van der Waals surface area contributed by atoms with E-state index in [0.29, 0.717) is 18.5 Å². The standard InChI is InChI=1S/C20H24N6/c1-14(2)25-9-8-17-19(22-13-23-20(17)25)16-10-24-26(12-16)18(11-21-3)15-6-4-5-7-15/h8-10,12-15,18H,4-7,11H2,1-2H3/t18-/m1/s1. The second-order valence-electron chi connectivity index (χ2n) is 7.44. The molecule has 6 heteroatoms. The van der Waals surface area contributed by atoms with Crippen molar-refractivity contribution in [3.8, 4) is 11.3 Å². The second kappa shape index (κ2) is 6.91. The van der Waals surface area contributed by atoms with Crippen LogP contribution in [0.5, 0.6) is 0 Å². The highest BCUT2D eigenvalue weighted by atomic mass is 15.3. The molecule has 0 spiro atoms. The third kappa shape index (κ3) is 2.88. The van der Waals surface area contributed by atoms with Crippen LogP contribution in [0.4, 0.5) is 0 Å². The molecule has 26 heavy (non-hydrogen) atoms. The maximum atomic E-state index is 7.33.